The van der Waals surface area contributed by atoms with E-state index in [9.17, 15) is 15.0 Å². The fourth-order valence-electron chi connectivity index (χ4n) is 2.23. The molecule has 0 aromatic carbocycles. The molecular formula is C9H14O4S. The molecule has 2 heterocycles. The van der Waals surface area contributed by atoms with Crippen LogP contribution in [0.3, 0.4) is 0 Å². The Morgan fingerprint density at radius 2 is 2.21 bits per heavy atom. The third kappa shape index (κ3) is 1.26. The van der Waals surface area contributed by atoms with Crippen LogP contribution in [0, 0.1) is 5.41 Å². The second-order valence-electron chi connectivity index (χ2n) is 4.02. The molecule has 2 aliphatic rings. The first-order chi connectivity index (χ1) is 6.61. The van der Waals surface area contributed by atoms with Gasteiger partial charge < -0.3 is 14.9 Å². The zero-order valence-electron chi connectivity index (χ0n) is 7.86. The molecule has 5 heteroatoms. The number of carboxylic acid groups (broad SMARTS) is 1. The predicted molar refractivity (Wildman–Crippen MR) is 52.4 cm³/mol. The Morgan fingerprint density at radius 3 is 2.64 bits per heavy atom. The number of hydrogen-bond donors (Lipinski definition) is 2. The Morgan fingerprint density at radius 1 is 1.43 bits per heavy atom. The Bertz CT molecular complexity index is 241. The maximum atomic E-state index is 11.3. The van der Waals surface area contributed by atoms with Gasteiger partial charge in [-0.3, -0.25) is 4.79 Å². The number of aliphatic hydroxyl groups is 1. The fourth-order valence-corrected chi connectivity index (χ4v) is 3.75. The van der Waals surface area contributed by atoms with Crippen LogP contribution in [0.15, 0.2) is 0 Å². The molecule has 2 atom stereocenters. The highest BCUT2D eigenvalue weighted by Gasteiger charge is 2.59. The molecule has 0 amide bonds. The summed E-state index contributed by atoms with van der Waals surface area (Å²) in [4.78, 5) is 11.3. The van der Waals surface area contributed by atoms with Gasteiger partial charge in [0.2, 0.25) is 0 Å². The standard InChI is InChI=1S/C9H14O4S/c10-7(11)8(2-4-14-6-8)9(12)1-3-13-5-9/h12H,1-6H2,(H,10,11). The largest absolute Gasteiger partial charge is 0.481 e. The smallest absolute Gasteiger partial charge is 0.313 e. The topological polar surface area (TPSA) is 66.8 Å². The van der Waals surface area contributed by atoms with E-state index in [1.54, 1.807) is 11.8 Å². The molecule has 0 aromatic heterocycles. The molecule has 0 aliphatic carbocycles. The number of hydrogen-bond acceptors (Lipinski definition) is 4. The van der Waals surface area contributed by atoms with Crippen molar-refractivity contribution >= 4 is 17.7 Å². The maximum absolute atomic E-state index is 11.3. The summed E-state index contributed by atoms with van der Waals surface area (Å²) in [5.74, 6) is 0.437. The van der Waals surface area contributed by atoms with Crippen molar-refractivity contribution < 1.29 is 19.7 Å². The lowest BCUT2D eigenvalue weighted by molar-refractivity contribution is -0.165. The predicted octanol–water partition coefficient (Wildman–Crippen LogP) is 0.346. The van der Waals surface area contributed by atoms with E-state index in [0.29, 0.717) is 25.2 Å². The molecule has 4 nitrogen and oxygen atoms in total. The van der Waals surface area contributed by atoms with E-state index < -0.39 is 17.0 Å². The van der Waals surface area contributed by atoms with Gasteiger partial charge in [0, 0.05) is 18.8 Å². The van der Waals surface area contributed by atoms with E-state index in [1.807, 2.05) is 0 Å². The van der Waals surface area contributed by atoms with Crippen molar-refractivity contribution in [2.75, 3.05) is 24.7 Å². The highest BCUT2D eigenvalue weighted by Crippen LogP contribution is 2.48. The molecule has 2 rings (SSSR count). The number of ether oxygens (including phenoxy) is 1. The molecule has 0 saturated carbocycles. The molecule has 2 unspecified atom stereocenters. The monoisotopic (exact) mass is 218 g/mol. The minimum Gasteiger partial charge on any atom is -0.481 e. The Hall–Kier alpha value is -0.260. The van der Waals surface area contributed by atoms with Crippen molar-refractivity contribution in [3.05, 3.63) is 0 Å². The highest BCUT2D eigenvalue weighted by atomic mass is 32.2. The summed E-state index contributed by atoms with van der Waals surface area (Å²) in [6.07, 6.45) is 0.993. The molecule has 2 N–H and O–H groups in total. The molecule has 14 heavy (non-hydrogen) atoms. The lowest BCUT2D eigenvalue weighted by Crippen LogP contribution is -2.54. The number of carboxylic acids is 1. The SMILES string of the molecule is O=C(O)C1(C2(O)CCOC2)CCSC1. The van der Waals surface area contributed by atoms with Crippen LogP contribution < -0.4 is 0 Å². The van der Waals surface area contributed by atoms with Gasteiger partial charge in [0.05, 0.1) is 6.61 Å². The van der Waals surface area contributed by atoms with Crippen LogP contribution in [-0.2, 0) is 9.53 Å². The molecule has 2 saturated heterocycles. The molecule has 0 spiro atoms. The summed E-state index contributed by atoms with van der Waals surface area (Å²) >= 11 is 1.60. The summed E-state index contributed by atoms with van der Waals surface area (Å²) in [7, 11) is 0. The highest BCUT2D eigenvalue weighted by molar-refractivity contribution is 7.99. The van der Waals surface area contributed by atoms with Crippen LogP contribution >= 0.6 is 11.8 Å². The second-order valence-corrected chi connectivity index (χ2v) is 5.13. The van der Waals surface area contributed by atoms with Gasteiger partial charge >= 0.3 is 5.97 Å². The van der Waals surface area contributed by atoms with Crippen LogP contribution in [0.2, 0.25) is 0 Å². The molecule has 0 bridgehead atoms. The van der Waals surface area contributed by atoms with E-state index >= 15 is 0 Å². The van der Waals surface area contributed by atoms with Crippen molar-refractivity contribution in [2.24, 2.45) is 5.41 Å². The van der Waals surface area contributed by atoms with E-state index in [0.717, 1.165) is 5.75 Å². The van der Waals surface area contributed by atoms with Gasteiger partial charge in [-0.25, -0.2) is 0 Å². The molecule has 2 aliphatic heterocycles. The van der Waals surface area contributed by atoms with Crippen LogP contribution in [0.1, 0.15) is 12.8 Å². The lowest BCUT2D eigenvalue weighted by Gasteiger charge is -2.37. The summed E-state index contributed by atoms with van der Waals surface area (Å²) < 4.78 is 5.13. The molecular weight excluding hydrogens is 204 g/mol. The van der Waals surface area contributed by atoms with Crippen molar-refractivity contribution in [3.8, 4) is 0 Å². The minimum absolute atomic E-state index is 0.167. The number of carbonyl (C=O) groups is 1. The maximum Gasteiger partial charge on any atom is 0.313 e. The van der Waals surface area contributed by atoms with Gasteiger partial charge in [-0.1, -0.05) is 0 Å². The zero-order valence-corrected chi connectivity index (χ0v) is 8.68. The van der Waals surface area contributed by atoms with Crippen molar-refractivity contribution in [1.29, 1.82) is 0 Å². The van der Waals surface area contributed by atoms with E-state index in [1.165, 1.54) is 0 Å². The number of thioether (sulfide) groups is 1. The van der Waals surface area contributed by atoms with Gasteiger partial charge in [-0.05, 0) is 12.2 Å². The van der Waals surface area contributed by atoms with Crippen molar-refractivity contribution in [3.63, 3.8) is 0 Å². The van der Waals surface area contributed by atoms with Crippen molar-refractivity contribution in [2.45, 2.75) is 18.4 Å². The number of rotatable bonds is 2. The first-order valence-corrected chi connectivity index (χ1v) is 5.87. The Kier molecular flexibility index (Phi) is 2.49. The van der Waals surface area contributed by atoms with Crippen molar-refractivity contribution in [1.82, 2.24) is 0 Å². The third-order valence-corrected chi connectivity index (χ3v) is 4.51. The first kappa shape index (κ1) is 10.3. The summed E-state index contributed by atoms with van der Waals surface area (Å²) in [6, 6.07) is 0. The average molecular weight is 218 g/mol. The number of aliphatic carboxylic acids is 1. The van der Waals surface area contributed by atoms with E-state index in [2.05, 4.69) is 0 Å². The minimum atomic E-state index is -1.15. The quantitative estimate of drug-likeness (QED) is 0.700. The zero-order chi connectivity index (χ0) is 10.2. The average Bonchev–Trinajstić information content (AvgIpc) is 2.72. The molecule has 0 aromatic rings. The third-order valence-electron chi connectivity index (χ3n) is 3.32. The van der Waals surface area contributed by atoms with Crippen LogP contribution in [-0.4, -0.2) is 46.5 Å². The van der Waals surface area contributed by atoms with Crippen LogP contribution in [0.25, 0.3) is 0 Å². The fraction of sp³-hybridized carbons (Fsp3) is 0.889. The van der Waals surface area contributed by atoms with Crippen LogP contribution in [0.4, 0.5) is 0 Å². The van der Waals surface area contributed by atoms with Gasteiger partial charge in [0.1, 0.15) is 11.0 Å². The lowest BCUT2D eigenvalue weighted by atomic mass is 9.71. The first-order valence-electron chi connectivity index (χ1n) is 4.72. The molecule has 80 valence electrons. The summed E-state index contributed by atoms with van der Waals surface area (Å²) in [6.45, 7) is 0.635. The van der Waals surface area contributed by atoms with Gasteiger partial charge in [0.15, 0.2) is 0 Å². The Balaban J connectivity index is 2.30. The molecule has 0 radical (unpaired) electrons. The van der Waals surface area contributed by atoms with Crippen LogP contribution in [0.5, 0.6) is 0 Å². The molecule has 2 fully saturated rings. The van der Waals surface area contributed by atoms with Gasteiger partial charge in [0.25, 0.3) is 0 Å². The summed E-state index contributed by atoms with van der Waals surface area (Å²) in [5.41, 5.74) is -2.13. The van der Waals surface area contributed by atoms with E-state index in [4.69, 9.17) is 4.74 Å². The normalized spacial score (nSPS) is 42.9. The van der Waals surface area contributed by atoms with E-state index in [-0.39, 0.29) is 6.61 Å². The van der Waals surface area contributed by atoms with Gasteiger partial charge in [-0.15, -0.1) is 0 Å². The van der Waals surface area contributed by atoms with Gasteiger partial charge in [-0.2, -0.15) is 11.8 Å². The Labute approximate surface area is 86.6 Å². The second kappa shape index (κ2) is 3.40. The summed E-state index contributed by atoms with van der Waals surface area (Å²) in [5, 5.41) is 19.6.